The van der Waals surface area contributed by atoms with Gasteiger partial charge in [-0.3, -0.25) is 4.79 Å². The molecule has 0 N–H and O–H groups in total. The number of hydrogen-bond acceptors (Lipinski definition) is 1. The molecule has 1 unspecified atom stereocenters. The molecule has 1 nitrogen and oxygen atoms in total. The third-order valence-corrected chi connectivity index (χ3v) is 4.05. The normalized spacial score (nSPS) is 12.5. The first kappa shape index (κ1) is 15.8. The quantitative estimate of drug-likeness (QED) is 0.462. The number of ketones is 1. The topological polar surface area (TPSA) is 17.1 Å². The minimum Gasteiger partial charge on any atom is -0.294 e. The predicted octanol–water partition coefficient (Wildman–Crippen LogP) is 6.05. The third kappa shape index (κ3) is 3.88. The van der Waals surface area contributed by atoms with Gasteiger partial charge < -0.3 is 0 Å². The lowest BCUT2D eigenvalue weighted by Crippen LogP contribution is -2.14. The summed E-state index contributed by atoms with van der Waals surface area (Å²) in [5.74, 6) is 0.0392. The highest BCUT2D eigenvalue weighted by molar-refractivity contribution is 6.45. The molecular weight excluding hydrogens is 291 g/mol. The van der Waals surface area contributed by atoms with Crippen LogP contribution in [0.4, 0.5) is 0 Å². The van der Waals surface area contributed by atoms with Crippen LogP contribution in [0.3, 0.4) is 0 Å². The van der Waals surface area contributed by atoms with E-state index < -0.39 is 0 Å². The number of benzene rings is 1. The van der Waals surface area contributed by atoms with E-state index >= 15 is 0 Å². The highest BCUT2D eigenvalue weighted by Gasteiger charge is 2.21. The molecule has 1 atom stereocenters. The molecule has 1 aromatic carbocycles. The first-order valence-electron chi connectivity index (χ1n) is 6.20. The molecule has 0 bridgehead atoms. The van der Waals surface area contributed by atoms with Crippen LogP contribution in [0.1, 0.15) is 49.9 Å². The Kier molecular flexibility index (Phi) is 6.48. The fourth-order valence-electron chi connectivity index (χ4n) is 1.93. The molecule has 0 radical (unpaired) electrons. The van der Waals surface area contributed by atoms with E-state index in [-0.39, 0.29) is 11.7 Å². The molecule has 4 heteroatoms. The monoisotopic (exact) mass is 306 g/mol. The largest absolute Gasteiger partial charge is 0.294 e. The first-order chi connectivity index (χ1) is 8.51. The zero-order valence-corrected chi connectivity index (χ0v) is 12.9. The minimum atomic E-state index is -0.00279. The average Bonchev–Trinajstić information content (AvgIpc) is 2.34. The van der Waals surface area contributed by atoms with E-state index in [1.165, 1.54) is 0 Å². The summed E-state index contributed by atoms with van der Waals surface area (Å²) < 4.78 is 0. The van der Waals surface area contributed by atoms with Crippen molar-refractivity contribution in [3.05, 3.63) is 32.8 Å². The van der Waals surface area contributed by atoms with E-state index in [9.17, 15) is 4.79 Å². The van der Waals surface area contributed by atoms with Gasteiger partial charge in [-0.1, -0.05) is 61.5 Å². The van der Waals surface area contributed by atoms with Crippen molar-refractivity contribution in [1.82, 2.24) is 0 Å². The third-order valence-electron chi connectivity index (χ3n) is 3.03. The lowest BCUT2D eigenvalue weighted by molar-refractivity contribution is 0.0908. The maximum absolute atomic E-state index is 12.4. The summed E-state index contributed by atoms with van der Waals surface area (Å²) in [6.07, 6.45) is 3.80. The van der Waals surface area contributed by atoms with Gasteiger partial charge in [-0.25, -0.2) is 0 Å². The lowest BCUT2D eigenvalue weighted by Gasteiger charge is -2.15. The second-order valence-corrected chi connectivity index (χ2v) is 5.58. The average molecular weight is 308 g/mol. The predicted molar refractivity (Wildman–Crippen MR) is 79.1 cm³/mol. The van der Waals surface area contributed by atoms with Gasteiger partial charge in [-0.15, -0.1) is 0 Å². The smallest absolute Gasteiger partial charge is 0.167 e. The minimum absolute atomic E-state index is 0.00279. The number of unbranched alkanes of at least 4 members (excludes halogenated alkanes) is 1. The van der Waals surface area contributed by atoms with Gasteiger partial charge in [0.1, 0.15) is 0 Å². The van der Waals surface area contributed by atoms with Crippen molar-refractivity contribution in [3.8, 4) is 0 Å². The van der Waals surface area contributed by atoms with Gasteiger partial charge in [0.15, 0.2) is 5.78 Å². The van der Waals surface area contributed by atoms with Gasteiger partial charge >= 0.3 is 0 Å². The van der Waals surface area contributed by atoms with E-state index in [0.717, 1.165) is 25.7 Å². The second-order valence-electron chi connectivity index (χ2n) is 4.36. The van der Waals surface area contributed by atoms with Crippen molar-refractivity contribution < 1.29 is 4.79 Å². The van der Waals surface area contributed by atoms with Crippen molar-refractivity contribution in [2.24, 2.45) is 5.92 Å². The number of hydrogen-bond donors (Lipinski definition) is 0. The summed E-state index contributed by atoms with van der Waals surface area (Å²) in [6.45, 7) is 4.12. The fraction of sp³-hybridized carbons (Fsp3) is 0.500. The standard InChI is InChI=1S/C14H17Cl3O/c1-3-5-6-9(4-2)14(18)11-7-10(15)8-12(16)13(11)17/h7-9H,3-6H2,1-2H3. The van der Waals surface area contributed by atoms with Crippen LogP contribution in [0.25, 0.3) is 0 Å². The fourth-order valence-corrected chi connectivity index (χ4v) is 2.62. The Morgan fingerprint density at radius 2 is 1.89 bits per heavy atom. The van der Waals surface area contributed by atoms with Gasteiger partial charge in [0.05, 0.1) is 10.0 Å². The van der Waals surface area contributed by atoms with Gasteiger partial charge in [0.2, 0.25) is 0 Å². The van der Waals surface area contributed by atoms with Gasteiger partial charge in [0, 0.05) is 16.5 Å². The number of carbonyl (C=O) groups excluding carboxylic acids is 1. The van der Waals surface area contributed by atoms with E-state index in [2.05, 4.69) is 6.92 Å². The number of carbonyl (C=O) groups is 1. The summed E-state index contributed by atoms with van der Waals surface area (Å²) in [5.41, 5.74) is 0.442. The van der Waals surface area contributed by atoms with Crippen LogP contribution in [0, 0.1) is 5.92 Å². The zero-order valence-electron chi connectivity index (χ0n) is 10.6. The molecule has 0 saturated heterocycles. The van der Waals surface area contributed by atoms with E-state index in [1.807, 2.05) is 6.92 Å². The molecule has 0 amide bonds. The SMILES string of the molecule is CCCCC(CC)C(=O)c1cc(Cl)cc(Cl)c1Cl. The molecule has 0 fully saturated rings. The van der Waals surface area contributed by atoms with Crippen molar-refractivity contribution in [2.45, 2.75) is 39.5 Å². The Bertz CT molecular complexity index is 429. The van der Waals surface area contributed by atoms with Crippen LogP contribution in [-0.2, 0) is 0 Å². The maximum Gasteiger partial charge on any atom is 0.167 e. The van der Waals surface area contributed by atoms with Crippen LogP contribution in [0.15, 0.2) is 12.1 Å². The van der Waals surface area contributed by atoms with Gasteiger partial charge in [-0.05, 0) is 25.0 Å². The molecule has 1 aromatic rings. The zero-order chi connectivity index (χ0) is 13.7. The first-order valence-corrected chi connectivity index (χ1v) is 7.33. The summed E-state index contributed by atoms with van der Waals surface area (Å²) in [6, 6.07) is 3.15. The lowest BCUT2D eigenvalue weighted by atomic mass is 9.90. The number of rotatable bonds is 6. The Morgan fingerprint density at radius 1 is 1.22 bits per heavy atom. The van der Waals surface area contributed by atoms with Gasteiger partial charge in [-0.2, -0.15) is 0 Å². The van der Waals surface area contributed by atoms with E-state index in [1.54, 1.807) is 12.1 Å². The van der Waals surface area contributed by atoms with Crippen LogP contribution in [0.2, 0.25) is 15.1 Å². The maximum atomic E-state index is 12.4. The number of Topliss-reactive ketones (excluding diaryl/α,β-unsaturated/α-hetero) is 1. The highest BCUT2D eigenvalue weighted by atomic mass is 35.5. The van der Waals surface area contributed by atoms with E-state index in [4.69, 9.17) is 34.8 Å². The second kappa shape index (κ2) is 7.37. The number of halogens is 3. The molecule has 0 aliphatic carbocycles. The Morgan fingerprint density at radius 3 is 2.44 bits per heavy atom. The molecule has 0 saturated carbocycles. The molecule has 0 aliphatic rings. The molecule has 0 aliphatic heterocycles. The summed E-state index contributed by atoms with van der Waals surface area (Å²) in [7, 11) is 0. The van der Waals surface area contributed by atoms with Crippen molar-refractivity contribution in [2.75, 3.05) is 0 Å². The summed E-state index contributed by atoms with van der Waals surface area (Å²) >= 11 is 18.0. The molecular formula is C14H17Cl3O. The Hall–Kier alpha value is -0.240. The van der Waals surface area contributed by atoms with Crippen LogP contribution < -0.4 is 0 Å². The molecule has 0 aromatic heterocycles. The van der Waals surface area contributed by atoms with Gasteiger partial charge in [0.25, 0.3) is 0 Å². The van der Waals surface area contributed by atoms with Crippen molar-refractivity contribution in [1.29, 1.82) is 0 Å². The van der Waals surface area contributed by atoms with Crippen molar-refractivity contribution >= 4 is 40.6 Å². The molecule has 0 heterocycles. The highest BCUT2D eigenvalue weighted by Crippen LogP contribution is 2.32. The van der Waals surface area contributed by atoms with Crippen LogP contribution in [-0.4, -0.2) is 5.78 Å². The van der Waals surface area contributed by atoms with E-state index in [0.29, 0.717) is 20.6 Å². The Labute approximate surface area is 123 Å². The summed E-state index contributed by atoms with van der Waals surface area (Å²) in [5, 5.41) is 1.08. The molecule has 100 valence electrons. The van der Waals surface area contributed by atoms with Crippen LogP contribution >= 0.6 is 34.8 Å². The Balaban J connectivity index is 3.01. The molecule has 18 heavy (non-hydrogen) atoms. The van der Waals surface area contributed by atoms with Crippen LogP contribution in [0.5, 0.6) is 0 Å². The van der Waals surface area contributed by atoms with Crippen molar-refractivity contribution in [3.63, 3.8) is 0 Å². The molecule has 0 spiro atoms. The summed E-state index contributed by atoms with van der Waals surface area (Å²) in [4.78, 5) is 12.4. The molecule has 1 rings (SSSR count).